The summed E-state index contributed by atoms with van der Waals surface area (Å²) in [7, 11) is 1.66. The molecule has 22 heavy (non-hydrogen) atoms. The van der Waals surface area contributed by atoms with Crippen LogP contribution in [-0.4, -0.2) is 23.0 Å². The standard InChI is InChI=1S/C17H25N3O2/c1-5-20-12-14(10-19-20)9-18-11-15-6-7-16(21-4)8-17(15)22-13(2)3/h6-8,10,12-13,18H,5,9,11H2,1-4H3. The van der Waals surface area contributed by atoms with Gasteiger partial charge in [0.05, 0.1) is 19.4 Å². The number of methoxy groups -OCH3 is 1. The lowest BCUT2D eigenvalue weighted by Crippen LogP contribution is -2.15. The topological polar surface area (TPSA) is 48.3 Å². The molecule has 5 nitrogen and oxygen atoms in total. The molecule has 0 radical (unpaired) electrons. The number of ether oxygens (including phenoxy) is 2. The lowest BCUT2D eigenvalue weighted by atomic mass is 10.2. The van der Waals surface area contributed by atoms with Crippen molar-refractivity contribution < 1.29 is 9.47 Å². The van der Waals surface area contributed by atoms with Crippen molar-refractivity contribution in [1.29, 1.82) is 0 Å². The van der Waals surface area contributed by atoms with Gasteiger partial charge in [-0.3, -0.25) is 4.68 Å². The molecule has 0 saturated heterocycles. The van der Waals surface area contributed by atoms with Gasteiger partial charge in [-0.2, -0.15) is 5.10 Å². The van der Waals surface area contributed by atoms with Gasteiger partial charge in [0, 0.05) is 43.0 Å². The van der Waals surface area contributed by atoms with Gasteiger partial charge in [-0.1, -0.05) is 6.07 Å². The highest BCUT2D eigenvalue weighted by molar-refractivity contribution is 5.40. The number of benzene rings is 1. The molecule has 1 aromatic heterocycles. The van der Waals surface area contributed by atoms with Gasteiger partial charge in [0.25, 0.3) is 0 Å². The second kappa shape index (κ2) is 7.84. The van der Waals surface area contributed by atoms with Crippen LogP contribution >= 0.6 is 0 Å². The fraction of sp³-hybridized carbons (Fsp3) is 0.471. The molecule has 0 bridgehead atoms. The summed E-state index contributed by atoms with van der Waals surface area (Å²) in [6, 6.07) is 5.93. The Hall–Kier alpha value is -2.01. The first-order chi connectivity index (χ1) is 10.6. The van der Waals surface area contributed by atoms with Gasteiger partial charge in [0.1, 0.15) is 11.5 Å². The minimum absolute atomic E-state index is 0.133. The zero-order chi connectivity index (χ0) is 15.9. The highest BCUT2D eigenvalue weighted by Gasteiger charge is 2.08. The van der Waals surface area contributed by atoms with Crippen LogP contribution in [0.4, 0.5) is 0 Å². The van der Waals surface area contributed by atoms with Gasteiger partial charge in [-0.25, -0.2) is 0 Å². The average molecular weight is 303 g/mol. The van der Waals surface area contributed by atoms with Crippen molar-refractivity contribution in [3.63, 3.8) is 0 Å². The van der Waals surface area contributed by atoms with Crippen LogP contribution in [0.2, 0.25) is 0 Å². The van der Waals surface area contributed by atoms with E-state index < -0.39 is 0 Å². The molecule has 120 valence electrons. The third kappa shape index (κ3) is 4.49. The van der Waals surface area contributed by atoms with Crippen molar-refractivity contribution >= 4 is 0 Å². The highest BCUT2D eigenvalue weighted by atomic mass is 16.5. The molecule has 0 atom stereocenters. The first-order valence-corrected chi connectivity index (χ1v) is 7.68. The van der Waals surface area contributed by atoms with Crippen LogP contribution in [0, 0.1) is 0 Å². The van der Waals surface area contributed by atoms with Crippen molar-refractivity contribution in [1.82, 2.24) is 15.1 Å². The van der Waals surface area contributed by atoms with Gasteiger partial charge in [-0.15, -0.1) is 0 Å². The van der Waals surface area contributed by atoms with Crippen LogP contribution in [0.25, 0.3) is 0 Å². The SMILES string of the molecule is CCn1cc(CNCc2ccc(OC)cc2OC(C)C)cn1. The van der Waals surface area contributed by atoms with E-state index in [9.17, 15) is 0 Å². The Balaban J connectivity index is 1.98. The normalized spacial score (nSPS) is 11.0. The van der Waals surface area contributed by atoms with Crippen LogP contribution in [0.5, 0.6) is 11.5 Å². The minimum Gasteiger partial charge on any atom is -0.497 e. The zero-order valence-corrected chi connectivity index (χ0v) is 13.8. The van der Waals surface area contributed by atoms with Crippen molar-refractivity contribution in [3.8, 4) is 11.5 Å². The predicted molar refractivity (Wildman–Crippen MR) is 87.2 cm³/mol. The molecule has 0 spiro atoms. The van der Waals surface area contributed by atoms with E-state index in [-0.39, 0.29) is 6.10 Å². The van der Waals surface area contributed by atoms with Crippen LogP contribution < -0.4 is 14.8 Å². The van der Waals surface area contributed by atoms with Crippen LogP contribution in [0.3, 0.4) is 0 Å². The minimum atomic E-state index is 0.133. The van der Waals surface area contributed by atoms with Crippen molar-refractivity contribution in [2.75, 3.05) is 7.11 Å². The van der Waals surface area contributed by atoms with Gasteiger partial charge in [-0.05, 0) is 26.8 Å². The van der Waals surface area contributed by atoms with Gasteiger partial charge < -0.3 is 14.8 Å². The second-order valence-corrected chi connectivity index (χ2v) is 5.45. The molecule has 2 aromatic rings. The zero-order valence-electron chi connectivity index (χ0n) is 13.8. The average Bonchev–Trinajstić information content (AvgIpc) is 2.96. The summed E-state index contributed by atoms with van der Waals surface area (Å²) in [5, 5.41) is 7.71. The van der Waals surface area contributed by atoms with E-state index in [0.717, 1.165) is 36.7 Å². The first kappa shape index (κ1) is 16.4. The maximum atomic E-state index is 5.88. The number of hydrogen-bond acceptors (Lipinski definition) is 4. The molecule has 1 aromatic carbocycles. The van der Waals surface area contributed by atoms with Gasteiger partial charge in [0.2, 0.25) is 0 Å². The van der Waals surface area contributed by atoms with E-state index in [4.69, 9.17) is 9.47 Å². The summed E-state index contributed by atoms with van der Waals surface area (Å²) in [5.41, 5.74) is 2.30. The predicted octanol–water partition coefficient (Wildman–Crippen LogP) is 2.99. The number of aromatic nitrogens is 2. The summed E-state index contributed by atoms with van der Waals surface area (Å²) in [6.45, 7) is 8.55. The van der Waals surface area contributed by atoms with E-state index >= 15 is 0 Å². The molecular weight excluding hydrogens is 278 g/mol. The first-order valence-electron chi connectivity index (χ1n) is 7.68. The Morgan fingerprint density at radius 2 is 2.09 bits per heavy atom. The lowest BCUT2D eigenvalue weighted by molar-refractivity contribution is 0.238. The lowest BCUT2D eigenvalue weighted by Gasteiger charge is -2.15. The Kier molecular flexibility index (Phi) is 5.83. The largest absolute Gasteiger partial charge is 0.497 e. The third-order valence-corrected chi connectivity index (χ3v) is 3.29. The Morgan fingerprint density at radius 3 is 2.73 bits per heavy atom. The van der Waals surface area contributed by atoms with E-state index in [1.54, 1.807) is 7.11 Å². The quantitative estimate of drug-likeness (QED) is 0.814. The number of rotatable bonds is 8. The molecule has 0 aliphatic heterocycles. The van der Waals surface area contributed by atoms with Crippen molar-refractivity contribution in [2.24, 2.45) is 0 Å². The second-order valence-electron chi connectivity index (χ2n) is 5.45. The molecule has 0 unspecified atom stereocenters. The summed E-state index contributed by atoms with van der Waals surface area (Å²) in [5.74, 6) is 1.68. The maximum Gasteiger partial charge on any atom is 0.127 e. The summed E-state index contributed by atoms with van der Waals surface area (Å²) >= 11 is 0. The van der Waals surface area contributed by atoms with E-state index in [1.165, 1.54) is 5.56 Å². The molecule has 0 amide bonds. The molecule has 0 saturated carbocycles. The number of aryl methyl sites for hydroxylation is 1. The monoisotopic (exact) mass is 303 g/mol. The van der Waals surface area contributed by atoms with Crippen molar-refractivity contribution in [3.05, 3.63) is 41.7 Å². The molecule has 1 N–H and O–H groups in total. The number of nitrogens with zero attached hydrogens (tertiary/aromatic N) is 2. The van der Waals surface area contributed by atoms with Crippen LogP contribution in [0.1, 0.15) is 31.9 Å². The maximum absolute atomic E-state index is 5.88. The number of nitrogens with one attached hydrogen (secondary N) is 1. The molecule has 2 rings (SSSR count). The van der Waals surface area contributed by atoms with Crippen LogP contribution in [0.15, 0.2) is 30.6 Å². The molecule has 0 aliphatic carbocycles. The van der Waals surface area contributed by atoms with Crippen molar-refractivity contribution in [2.45, 2.75) is 46.5 Å². The molecule has 5 heteroatoms. The molecule has 1 heterocycles. The highest BCUT2D eigenvalue weighted by Crippen LogP contribution is 2.25. The molecule has 0 aliphatic rings. The fourth-order valence-corrected chi connectivity index (χ4v) is 2.18. The third-order valence-electron chi connectivity index (χ3n) is 3.29. The van der Waals surface area contributed by atoms with E-state index in [1.807, 2.05) is 42.9 Å². The Bertz CT molecular complexity index is 593. The summed E-state index contributed by atoms with van der Waals surface area (Å²) in [6.07, 6.45) is 4.09. The smallest absolute Gasteiger partial charge is 0.127 e. The van der Waals surface area contributed by atoms with Crippen LogP contribution in [-0.2, 0) is 19.6 Å². The van der Waals surface area contributed by atoms with Gasteiger partial charge >= 0.3 is 0 Å². The summed E-state index contributed by atoms with van der Waals surface area (Å²) < 4.78 is 13.1. The Labute approximate surface area is 132 Å². The molecular formula is C17H25N3O2. The Morgan fingerprint density at radius 1 is 1.27 bits per heavy atom. The van der Waals surface area contributed by atoms with E-state index in [2.05, 4.69) is 23.5 Å². The number of hydrogen-bond donors (Lipinski definition) is 1. The van der Waals surface area contributed by atoms with Gasteiger partial charge in [0.15, 0.2) is 0 Å². The van der Waals surface area contributed by atoms with E-state index in [0.29, 0.717) is 0 Å². The fourth-order valence-electron chi connectivity index (χ4n) is 2.18. The summed E-state index contributed by atoms with van der Waals surface area (Å²) in [4.78, 5) is 0. The molecule has 0 fully saturated rings.